The third-order valence-corrected chi connectivity index (χ3v) is 5.26. The van der Waals surface area contributed by atoms with Crippen molar-refractivity contribution in [1.29, 1.82) is 0 Å². The van der Waals surface area contributed by atoms with Crippen molar-refractivity contribution in [2.45, 2.75) is 11.4 Å². The second-order valence-electron chi connectivity index (χ2n) is 6.69. The van der Waals surface area contributed by atoms with Crippen molar-refractivity contribution >= 4 is 22.6 Å². The number of nitrogens with zero attached hydrogens (tertiary/aromatic N) is 1. The molecule has 0 radical (unpaired) electrons. The predicted octanol–water partition coefficient (Wildman–Crippen LogP) is 3.94. The quantitative estimate of drug-likeness (QED) is 0.546. The third kappa shape index (κ3) is 5.39. The van der Waals surface area contributed by atoms with Crippen molar-refractivity contribution in [1.82, 2.24) is 0 Å². The molecule has 0 aliphatic carbocycles. The molecule has 0 saturated carbocycles. The Bertz CT molecular complexity index is 1100. The number of aromatic carboxylic acids is 1. The van der Waals surface area contributed by atoms with Crippen molar-refractivity contribution in [3.8, 4) is 17.2 Å². The molecule has 0 saturated heterocycles. The Labute approximate surface area is 181 Å². The molecule has 3 rings (SSSR count). The molecule has 0 heterocycles. The van der Waals surface area contributed by atoms with Crippen LogP contribution in [0, 0.1) is 5.82 Å². The summed E-state index contributed by atoms with van der Waals surface area (Å²) in [7, 11) is 1.24. The minimum absolute atomic E-state index is 0.0386. The molecule has 1 atom stereocenters. The fourth-order valence-electron chi connectivity index (χ4n) is 2.96. The Morgan fingerprint density at radius 1 is 1.10 bits per heavy atom. The Balaban J connectivity index is 2.07. The Hall–Kier alpha value is -3.43. The standard InChI is InChI=1S/C22H21FN2O5S/c1-25(13-14-3-5-16(23)6-4-14)19-11-15(22(26)27)12-20(31(24)28)21(19)30-18-9-7-17(29-2)8-10-18/h3-12H,13,24H2,1-2H3,(H,26,27). The molecule has 0 fully saturated rings. The number of rotatable bonds is 8. The smallest absolute Gasteiger partial charge is 0.335 e. The van der Waals surface area contributed by atoms with E-state index in [2.05, 4.69) is 0 Å². The third-order valence-electron chi connectivity index (χ3n) is 4.52. The predicted molar refractivity (Wildman–Crippen MR) is 116 cm³/mol. The summed E-state index contributed by atoms with van der Waals surface area (Å²) in [5.41, 5.74) is 1.07. The zero-order valence-corrected chi connectivity index (χ0v) is 17.7. The van der Waals surface area contributed by atoms with E-state index in [-0.39, 0.29) is 22.0 Å². The first kappa shape index (κ1) is 22.3. The van der Waals surface area contributed by atoms with Crippen molar-refractivity contribution in [3.05, 3.63) is 77.6 Å². The van der Waals surface area contributed by atoms with Gasteiger partial charge in [0.25, 0.3) is 0 Å². The molecule has 9 heteroatoms. The lowest BCUT2D eigenvalue weighted by Crippen LogP contribution is -2.19. The zero-order chi connectivity index (χ0) is 22.5. The second-order valence-corrected chi connectivity index (χ2v) is 7.72. The van der Waals surface area contributed by atoms with E-state index >= 15 is 0 Å². The van der Waals surface area contributed by atoms with Gasteiger partial charge in [-0.25, -0.2) is 18.5 Å². The van der Waals surface area contributed by atoms with Crippen molar-refractivity contribution in [3.63, 3.8) is 0 Å². The molecule has 31 heavy (non-hydrogen) atoms. The number of nitrogens with two attached hydrogens (primary N) is 1. The molecule has 3 N–H and O–H groups in total. The van der Waals surface area contributed by atoms with E-state index in [4.69, 9.17) is 14.6 Å². The van der Waals surface area contributed by atoms with Crippen molar-refractivity contribution in [2.75, 3.05) is 19.1 Å². The highest BCUT2D eigenvalue weighted by atomic mass is 32.2. The lowest BCUT2D eigenvalue weighted by Gasteiger charge is -2.24. The number of anilines is 1. The SMILES string of the molecule is COc1ccc(Oc2c(N(C)Cc3ccc(F)cc3)cc(C(=O)O)cc2S(N)=O)cc1. The minimum atomic E-state index is -2.01. The summed E-state index contributed by atoms with van der Waals surface area (Å²) in [5, 5.41) is 15.1. The molecule has 3 aromatic rings. The maximum atomic E-state index is 13.2. The summed E-state index contributed by atoms with van der Waals surface area (Å²) in [4.78, 5) is 13.4. The van der Waals surface area contributed by atoms with Crippen LogP contribution in [0.2, 0.25) is 0 Å². The van der Waals surface area contributed by atoms with Gasteiger partial charge in [0.15, 0.2) is 5.75 Å². The molecule has 162 valence electrons. The summed E-state index contributed by atoms with van der Waals surface area (Å²) in [6, 6.07) is 15.3. The number of ether oxygens (including phenoxy) is 2. The number of methoxy groups -OCH3 is 1. The molecule has 0 aliphatic rings. The van der Waals surface area contributed by atoms with Gasteiger partial charge in [-0.1, -0.05) is 12.1 Å². The van der Waals surface area contributed by atoms with Gasteiger partial charge in [0.2, 0.25) is 0 Å². The highest BCUT2D eigenvalue weighted by Crippen LogP contribution is 2.39. The van der Waals surface area contributed by atoms with E-state index in [1.165, 1.54) is 24.3 Å². The Morgan fingerprint density at radius 2 is 1.71 bits per heavy atom. The van der Waals surface area contributed by atoms with Crippen molar-refractivity contribution < 1.29 is 28.0 Å². The van der Waals surface area contributed by atoms with Gasteiger partial charge in [-0.3, -0.25) is 0 Å². The Morgan fingerprint density at radius 3 is 2.26 bits per heavy atom. The fraction of sp³-hybridized carbons (Fsp3) is 0.136. The van der Waals surface area contributed by atoms with Crippen LogP contribution in [0.5, 0.6) is 17.2 Å². The number of hydrogen-bond acceptors (Lipinski definition) is 5. The fourth-order valence-corrected chi connectivity index (χ4v) is 3.53. The monoisotopic (exact) mass is 444 g/mol. The van der Waals surface area contributed by atoms with E-state index in [1.807, 2.05) is 0 Å². The first-order valence-corrected chi connectivity index (χ1v) is 10.3. The Kier molecular flexibility index (Phi) is 6.88. The van der Waals surface area contributed by atoms with Gasteiger partial charge < -0.3 is 19.5 Å². The lowest BCUT2D eigenvalue weighted by atomic mass is 10.1. The number of carboxylic acids is 1. The molecular formula is C22H21FN2O5S. The summed E-state index contributed by atoms with van der Waals surface area (Å²) >= 11 is 0. The maximum Gasteiger partial charge on any atom is 0.335 e. The molecule has 0 amide bonds. The summed E-state index contributed by atoms with van der Waals surface area (Å²) < 4.78 is 36.6. The van der Waals surface area contributed by atoms with Crippen LogP contribution in [0.1, 0.15) is 15.9 Å². The first-order chi connectivity index (χ1) is 14.8. The van der Waals surface area contributed by atoms with Gasteiger partial charge in [-0.15, -0.1) is 0 Å². The molecule has 7 nitrogen and oxygen atoms in total. The average molecular weight is 444 g/mol. The van der Waals surface area contributed by atoms with Gasteiger partial charge in [0.1, 0.15) is 28.3 Å². The van der Waals surface area contributed by atoms with E-state index in [0.29, 0.717) is 23.7 Å². The molecule has 3 aromatic carbocycles. The van der Waals surface area contributed by atoms with Crippen LogP contribution in [-0.2, 0) is 17.5 Å². The summed E-state index contributed by atoms with van der Waals surface area (Å²) in [6.45, 7) is 0.318. The minimum Gasteiger partial charge on any atom is -0.497 e. The van der Waals surface area contributed by atoms with Gasteiger partial charge >= 0.3 is 5.97 Å². The first-order valence-electron chi connectivity index (χ1n) is 9.13. The topological polar surface area (TPSA) is 102 Å². The number of halogens is 1. The maximum absolute atomic E-state index is 13.2. The number of hydrogen-bond donors (Lipinski definition) is 2. The highest BCUT2D eigenvalue weighted by molar-refractivity contribution is 7.82. The van der Waals surface area contributed by atoms with E-state index in [9.17, 15) is 18.5 Å². The number of benzene rings is 3. The van der Waals surface area contributed by atoms with Crippen LogP contribution in [-0.4, -0.2) is 29.4 Å². The van der Waals surface area contributed by atoms with Crippen LogP contribution < -0.4 is 19.5 Å². The second kappa shape index (κ2) is 9.59. The van der Waals surface area contributed by atoms with Crippen LogP contribution in [0.4, 0.5) is 10.1 Å². The molecule has 0 aliphatic heterocycles. The lowest BCUT2D eigenvalue weighted by molar-refractivity contribution is 0.0696. The van der Waals surface area contributed by atoms with Crippen molar-refractivity contribution in [2.24, 2.45) is 5.14 Å². The molecule has 0 bridgehead atoms. The normalized spacial score (nSPS) is 11.6. The highest BCUT2D eigenvalue weighted by Gasteiger charge is 2.22. The van der Waals surface area contributed by atoms with Gasteiger partial charge in [-0.2, -0.15) is 0 Å². The number of carboxylic acid groups (broad SMARTS) is 1. The van der Waals surface area contributed by atoms with E-state index in [1.54, 1.807) is 55.5 Å². The van der Waals surface area contributed by atoms with Gasteiger partial charge in [0, 0.05) is 13.6 Å². The van der Waals surface area contributed by atoms with E-state index in [0.717, 1.165) is 5.56 Å². The van der Waals surface area contributed by atoms with E-state index < -0.39 is 17.0 Å². The largest absolute Gasteiger partial charge is 0.497 e. The van der Waals surface area contributed by atoms with Crippen LogP contribution in [0.15, 0.2) is 65.6 Å². The van der Waals surface area contributed by atoms with Crippen LogP contribution in [0.3, 0.4) is 0 Å². The summed E-state index contributed by atoms with van der Waals surface area (Å²) in [6.07, 6.45) is 0. The number of carbonyl (C=O) groups is 1. The molecular weight excluding hydrogens is 423 g/mol. The van der Waals surface area contributed by atoms with Crippen LogP contribution in [0.25, 0.3) is 0 Å². The zero-order valence-electron chi connectivity index (χ0n) is 16.9. The average Bonchev–Trinajstić information content (AvgIpc) is 2.75. The summed E-state index contributed by atoms with van der Waals surface area (Å²) in [5.74, 6) is -0.333. The molecule has 0 spiro atoms. The van der Waals surface area contributed by atoms with Gasteiger partial charge in [-0.05, 0) is 54.1 Å². The molecule has 1 unspecified atom stereocenters. The van der Waals surface area contributed by atoms with Gasteiger partial charge in [0.05, 0.1) is 23.3 Å². The van der Waals surface area contributed by atoms with Crippen LogP contribution >= 0.6 is 0 Å². The molecule has 0 aromatic heterocycles.